The summed E-state index contributed by atoms with van der Waals surface area (Å²) in [5.74, 6) is 4.62. The van der Waals surface area contributed by atoms with Crippen LogP contribution in [0.1, 0.15) is 28.6 Å². The van der Waals surface area contributed by atoms with Crippen molar-refractivity contribution in [3.8, 4) is 0 Å². The first-order valence-electron chi connectivity index (χ1n) is 6.22. The van der Waals surface area contributed by atoms with Gasteiger partial charge in [0.1, 0.15) is 11.6 Å². The van der Waals surface area contributed by atoms with Crippen LogP contribution in [0.4, 0.5) is 8.78 Å². The highest BCUT2D eigenvalue weighted by atomic mass is 19.1. The van der Waals surface area contributed by atoms with E-state index in [4.69, 9.17) is 5.84 Å². The highest BCUT2D eigenvalue weighted by Crippen LogP contribution is 2.22. The van der Waals surface area contributed by atoms with Crippen LogP contribution in [0.15, 0.2) is 24.3 Å². The number of nitrogens with one attached hydrogen (secondary N) is 1. The third-order valence-electron chi connectivity index (χ3n) is 3.15. The molecule has 0 aliphatic carbocycles. The van der Waals surface area contributed by atoms with E-state index >= 15 is 0 Å². The molecule has 0 amide bonds. The van der Waals surface area contributed by atoms with Gasteiger partial charge in [0.05, 0.1) is 17.4 Å². The van der Waals surface area contributed by atoms with E-state index in [0.29, 0.717) is 5.69 Å². The van der Waals surface area contributed by atoms with Crippen LogP contribution in [0.5, 0.6) is 0 Å². The van der Waals surface area contributed by atoms with Crippen LogP contribution in [0.3, 0.4) is 0 Å². The molecule has 106 valence electrons. The zero-order valence-electron chi connectivity index (χ0n) is 11.3. The van der Waals surface area contributed by atoms with Gasteiger partial charge in [0.15, 0.2) is 0 Å². The highest BCUT2D eigenvalue weighted by Gasteiger charge is 2.17. The van der Waals surface area contributed by atoms with Crippen LogP contribution in [0.2, 0.25) is 0 Å². The molecule has 0 radical (unpaired) electrons. The molecule has 1 aromatic heterocycles. The molecule has 0 fully saturated rings. The Labute approximate surface area is 116 Å². The second-order valence-electron chi connectivity index (χ2n) is 4.69. The first-order chi connectivity index (χ1) is 9.51. The fraction of sp³-hybridized carbons (Fsp3) is 0.286. The van der Waals surface area contributed by atoms with Crippen molar-refractivity contribution in [3.05, 3.63) is 58.4 Å². The maximum absolute atomic E-state index is 13.7. The van der Waals surface area contributed by atoms with Crippen molar-refractivity contribution in [3.63, 3.8) is 0 Å². The fourth-order valence-electron chi connectivity index (χ4n) is 2.10. The van der Waals surface area contributed by atoms with Gasteiger partial charge in [-0.15, -0.1) is 0 Å². The van der Waals surface area contributed by atoms with Crippen molar-refractivity contribution in [2.24, 2.45) is 5.84 Å². The van der Waals surface area contributed by atoms with Gasteiger partial charge in [0.25, 0.3) is 0 Å². The summed E-state index contributed by atoms with van der Waals surface area (Å²) in [5.41, 5.74) is 5.16. The second-order valence-corrected chi connectivity index (χ2v) is 4.69. The minimum Gasteiger partial charge on any atom is -0.271 e. The first-order valence-corrected chi connectivity index (χ1v) is 6.22. The molecule has 1 heterocycles. The fourth-order valence-corrected chi connectivity index (χ4v) is 2.10. The number of aromatic nitrogens is 2. The number of aryl methyl sites for hydroxylation is 2. The average molecular weight is 278 g/mol. The summed E-state index contributed by atoms with van der Waals surface area (Å²) in [5, 5.41) is 7.96. The number of nitrogens with two attached hydrogens (primary N) is 1. The zero-order valence-corrected chi connectivity index (χ0v) is 11.3. The summed E-state index contributed by atoms with van der Waals surface area (Å²) in [6.45, 7) is 3.61. The number of halogens is 2. The second kappa shape index (κ2) is 6.02. The quantitative estimate of drug-likeness (QED) is 0.664. The molecule has 0 aliphatic heterocycles. The van der Waals surface area contributed by atoms with Crippen molar-refractivity contribution in [2.75, 3.05) is 0 Å². The maximum atomic E-state index is 13.7. The lowest BCUT2D eigenvalue weighted by Crippen LogP contribution is -2.30. The van der Waals surface area contributed by atoms with Gasteiger partial charge in [0, 0.05) is 0 Å². The number of rotatable bonds is 4. The summed E-state index contributed by atoms with van der Waals surface area (Å²) in [4.78, 5) is 0. The molecule has 0 saturated carbocycles. The third-order valence-corrected chi connectivity index (χ3v) is 3.15. The smallest absolute Gasteiger partial charge is 0.126 e. The summed E-state index contributed by atoms with van der Waals surface area (Å²) < 4.78 is 26.9. The minimum atomic E-state index is -0.474. The lowest BCUT2D eigenvalue weighted by atomic mass is 9.98. The molecule has 0 spiro atoms. The monoisotopic (exact) mass is 278 g/mol. The molecule has 6 heteroatoms. The molecule has 20 heavy (non-hydrogen) atoms. The van der Waals surface area contributed by atoms with Crippen LogP contribution in [0, 0.1) is 25.5 Å². The van der Waals surface area contributed by atoms with Gasteiger partial charge in [-0.3, -0.25) is 11.3 Å². The molecule has 0 aliphatic rings. The number of benzene rings is 1. The van der Waals surface area contributed by atoms with E-state index in [1.54, 1.807) is 6.92 Å². The number of hydrogen-bond acceptors (Lipinski definition) is 4. The molecule has 2 rings (SSSR count). The Kier molecular flexibility index (Phi) is 4.36. The van der Waals surface area contributed by atoms with Gasteiger partial charge in [-0.1, -0.05) is 0 Å². The predicted molar refractivity (Wildman–Crippen MR) is 71.6 cm³/mol. The van der Waals surface area contributed by atoms with Crippen molar-refractivity contribution >= 4 is 0 Å². The molecule has 2 aromatic rings. The topological polar surface area (TPSA) is 63.8 Å². The van der Waals surface area contributed by atoms with Gasteiger partial charge >= 0.3 is 0 Å². The summed E-state index contributed by atoms with van der Waals surface area (Å²) in [7, 11) is 0. The van der Waals surface area contributed by atoms with E-state index < -0.39 is 11.6 Å². The maximum Gasteiger partial charge on any atom is 0.126 e. The Morgan fingerprint density at radius 2 is 1.95 bits per heavy atom. The molecule has 1 aromatic carbocycles. The van der Waals surface area contributed by atoms with Crippen LogP contribution >= 0.6 is 0 Å². The van der Waals surface area contributed by atoms with E-state index in [0.717, 1.165) is 23.4 Å². The molecule has 0 bridgehead atoms. The van der Waals surface area contributed by atoms with Crippen LogP contribution in [-0.4, -0.2) is 10.2 Å². The van der Waals surface area contributed by atoms with E-state index in [9.17, 15) is 8.78 Å². The SMILES string of the molecule is Cc1cc(C(Cc2cc(F)ccc2F)NN)c(C)nn1. The molecule has 1 unspecified atom stereocenters. The zero-order chi connectivity index (χ0) is 14.7. The van der Waals surface area contributed by atoms with E-state index in [1.807, 2.05) is 13.0 Å². The average Bonchev–Trinajstić information content (AvgIpc) is 2.42. The lowest BCUT2D eigenvalue weighted by molar-refractivity contribution is 0.518. The predicted octanol–water partition coefficient (Wildman–Crippen LogP) is 2.12. The van der Waals surface area contributed by atoms with Crippen molar-refractivity contribution in [1.29, 1.82) is 0 Å². The molecule has 1 atom stereocenters. The minimum absolute atomic E-state index is 0.228. The largest absolute Gasteiger partial charge is 0.271 e. The Morgan fingerprint density at radius 3 is 2.65 bits per heavy atom. The highest BCUT2D eigenvalue weighted by molar-refractivity contribution is 5.27. The van der Waals surface area contributed by atoms with Gasteiger partial charge in [-0.05, 0) is 55.7 Å². The van der Waals surface area contributed by atoms with Crippen LogP contribution < -0.4 is 11.3 Å². The van der Waals surface area contributed by atoms with E-state index in [-0.39, 0.29) is 18.0 Å². The Balaban J connectivity index is 2.33. The van der Waals surface area contributed by atoms with Gasteiger partial charge < -0.3 is 0 Å². The molecular weight excluding hydrogens is 262 g/mol. The summed E-state index contributed by atoms with van der Waals surface area (Å²) >= 11 is 0. The normalized spacial score (nSPS) is 12.4. The number of nitrogens with zero attached hydrogens (tertiary/aromatic N) is 2. The van der Waals surface area contributed by atoms with Gasteiger partial charge in [0.2, 0.25) is 0 Å². The first kappa shape index (κ1) is 14.5. The number of hydrogen-bond donors (Lipinski definition) is 2. The van der Waals surface area contributed by atoms with E-state index in [2.05, 4.69) is 15.6 Å². The van der Waals surface area contributed by atoms with Crippen LogP contribution in [-0.2, 0) is 6.42 Å². The van der Waals surface area contributed by atoms with Crippen molar-refractivity contribution in [1.82, 2.24) is 15.6 Å². The number of hydrazine groups is 1. The molecular formula is C14H16F2N4. The van der Waals surface area contributed by atoms with Crippen LogP contribution in [0.25, 0.3) is 0 Å². The lowest BCUT2D eigenvalue weighted by Gasteiger charge is -2.18. The Bertz CT molecular complexity index is 616. The molecule has 3 N–H and O–H groups in total. The third kappa shape index (κ3) is 3.15. The molecule has 4 nitrogen and oxygen atoms in total. The Morgan fingerprint density at radius 1 is 1.20 bits per heavy atom. The molecule has 0 saturated heterocycles. The summed E-state index contributed by atoms with van der Waals surface area (Å²) in [6.07, 6.45) is 0.228. The Hall–Kier alpha value is -1.92. The van der Waals surface area contributed by atoms with Crippen molar-refractivity contribution < 1.29 is 8.78 Å². The van der Waals surface area contributed by atoms with Gasteiger partial charge in [-0.2, -0.15) is 10.2 Å². The van der Waals surface area contributed by atoms with E-state index in [1.165, 1.54) is 6.07 Å². The van der Waals surface area contributed by atoms with Gasteiger partial charge in [-0.25, -0.2) is 8.78 Å². The van der Waals surface area contributed by atoms with Crippen molar-refractivity contribution in [2.45, 2.75) is 26.3 Å². The summed E-state index contributed by atoms with van der Waals surface area (Å²) in [6, 6.07) is 4.86. The standard InChI is InChI=1S/C14H16F2N4/c1-8-5-12(9(2)20-19-8)14(18-17)7-10-6-11(15)3-4-13(10)16/h3-6,14,18H,7,17H2,1-2H3.